The van der Waals surface area contributed by atoms with E-state index < -0.39 is 9.84 Å². The summed E-state index contributed by atoms with van der Waals surface area (Å²) < 4.78 is 24.9. The Morgan fingerprint density at radius 1 is 1.14 bits per heavy atom. The Kier molecular flexibility index (Phi) is 8.88. The Hall–Kier alpha value is -0.0900. The van der Waals surface area contributed by atoms with Crippen molar-refractivity contribution >= 4 is 9.84 Å². The summed E-state index contributed by atoms with van der Waals surface area (Å²) >= 11 is 0. The van der Waals surface area contributed by atoms with Gasteiger partial charge in [-0.25, -0.2) is 8.42 Å². The first-order valence-electron chi connectivity index (χ1n) is 9.00. The SMILES string of the molecule is CCCCC(CC)CC(NCCC)C1CCCCS1(=O)=O. The van der Waals surface area contributed by atoms with Crippen LogP contribution in [0.15, 0.2) is 0 Å². The van der Waals surface area contributed by atoms with Crippen molar-refractivity contribution in [2.75, 3.05) is 12.3 Å². The maximum absolute atomic E-state index is 12.4. The van der Waals surface area contributed by atoms with Crippen molar-refractivity contribution in [1.29, 1.82) is 0 Å². The minimum atomic E-state index is -2.89. The van der Waals surface area contributed by atoms with E-state index >= 15 is 0 Å². The Morgan fingerprint density at radius 3 is 2.48 bits per heavy atom. The quantitative estimate of drug-likeness (QED) is 0.664. The van der Waals surface area contributed by atoms with Gasteiger partial charge in [0, 0.05) is 6.04 Å². The van der Waals surface area contributed by atoms with E-state index in [4.69, 9.17) is 0 Å². The zero-order valence-electron chi connectivity index (χ0n) is 14.2. The number of sulfone groups is 1. The van der Waals surface area contributed by atoms with Crippen LogP contribution in [0.3, 0.4) is 0 Å². The molecular weight excluding hydrogens is 282 g/mol. The third kappa shape index (κ3) is 6.27. The molecule has 0 spiro atoms. The summed E-state index contributed by atoms with van der Waals surface area (Å²) in [6.45, 7) is 7.55. The normalized spacial score (nSPS) is 24.6. The average molecular weight is 318 g/mol. The molecule has 1 fully saturated rings. The second-order valence-corrected chi connectivity index (χ2v) is 8.95. The number of unbranched alkanes of at least 4 members (excludes halogenated alkanes) is 1. The third-order valence-electron chi connectivity index (χ3n) is 4.86. The van der Waals surface area contributed by atoms with Gasteiger partial charge in [-0.1, -0.05) is 52.9 Å². The van der Waals surface area contributed by atoms with Crippen LogP contribution >= 0.6 is 0 Å². The molecular formula is C17H35NO2S. The first-order chi connectivity index (χ1) is 10.0. The summed E-state index contributed by atoms with van der Waals surface area (Å²) in [6.07, 6.45) is 9.76. The van der Waals surface area contributed by atoms with Gasteiger partial charge in [-0.3, -0.25) is 0 Å². The molecule has 0 aliphatic carbocycles. The highest BCUT2D eigenvalue weighted by Crippen LogP contribution is 2.28. The molecule has 0 aromatic carbocycles. The Bertz CT molecular complexity index is 367. The minimum Gasteiger partial charge on any atom is -0.313 e. The van der Waals surface area contributed by atoms with Gasteiger partial charge in [0.25, 0.3) is 0 Å². The molecule has 1 saturated heterocycles. The first-order valence-corrected chi connectivity index (χ1v) is 10.7. The zero-order chi connectivity index (χ0) is 15.7. The van der Waals surface area contributed by atoms with Crippen molar-refractivity contribution in [3.05, 3.63) is 0 Å². The van der Waals surface area contributed by atoms with Gasteiger partial charge in [0.05, 0.1) is 11.0 Å². The van der Waals surface area contributed by atoms with Gasteiger partial charge in [-0.2, -0.15) is 0 Å². The lowest BCUT2D eigenvalue weighted by Crippen LogP contribution is -2.47. The van der Waals surface area contributed by atoms with Crippen LogP contribution in [0, 0.1) is 5.92 Å². The van der Waals surface area contributed by atoms with Gasteiger partial charge in [-0.05, 0) is 38.1 Å². The lowest BCUT2D eigenvalue weighted by Gasteiger charge is -2.33. The molecule has 0 radical (unpaired) electrons. The van der Waals surface area contributed by atoms with Crippen LogP contribution in [0.4, 0.5) is 0 Å². The fraction of sp³-hybridized carbons (Fsp3) is 1.00. The van der Waals surface area contributed by atoms with Gasteiger partial charge in [0.15, 0.2) is 9.84 Å². The summed E-state index contributed by atoms with van der Waals surface area (Å²) in [5, 5.41) is 3.41. The van der Waals surface area contributed by atoms with Crippen LogP contribution in [0.2, 0.25) is 0 Å². The van der Waals surface area contributed by atoms with E-state index in [2.05, 4.69) is 26.1 Å². The van der Waals surface area contributed by atoms with Crippen LogP contribution in [0.25, 0.3) is 0 Å². The van der Waals surface area contributed by atoms with Gasteiger partial charge in [0.2, 0.25) is 0 Å². The molecule has 0 aromatic heterocycles. The van der Waals surface area contributed by atoms with Crippen LogP contribution in [0.5, 0.6) is 0 Å². The molecule has 1 heterocycles. The standard InChI is InChI=1S/C17H35NO2S/c1-4-7-10-15(6-3)14-16(18-12-5-2)17-11-8-9-13-21(17,19)20/h15-18H,4-14H2,1-3H3. The van der Waals surface area contributed by atoms with E-state index in [1.807, 2.05) is 0 Å². The molecule has 4 heteroatoms. The van der Waals surface area contributed by atoms with Crippen LogP contribution in [0.1, 0.15) is 78.6 Å². The topological polar surface area (TPSA) is 46.2 Å². The van der Waals surface area contributed by atoms with Gasteiger partial charge in [-0.15, -0.1) is 0 Å². The van der Waals surface area contributed by atoms with Crippen molar-refractivity contribution < 1.29 is 8.42 Å². The molecule has 126 valence electrons. The summed E-state index contributed by atoms with van der Waals surface area (Å²) in [7, 11) is -2.89. The lowest BCUT2D eigenvalue weighted by atomic mass is 9.89. The summed E-state index contributed by atoms with van der Waals surface area (Å²) in [5.41, 5.74) is 0. The summed E-state index contributed by atoms with van der Waals surface area (Å²) in [4.78, 5) is 0. The Morgan fingerprint density at radius 2 is 1.90 bits per heavy atom. The molecule has 3 atom stereocenters. The molecule has 21 heavy (non-hydrogen) atoms. The highest BCUT2D eigenvalue weighted by molar-refractivity contribution is 7.92. The number of nitrogens with one attached hydrogen (secondary N) is 1. The lowest BCUT2D eigenvalue weighted by molar-refractivity contribution is 0.328. The molecule has 0 aromatic rings. The highest BCUT2D eigenvalue weighted by atomic mass is 32.2. The van der Waals surface area contributed by atoms with Crippen LogP contribution in [-0.2, 0) is 9.84 Å². The van der Waals surface area contributed by atoms with Crippen molar-refractivity contribution in [1.82, 2.24) is 5.32 Å². The Balaban J connectivity index is 2.73. The van der Waals surface area contributed by atoms with E-state index in [9.17, 15) is 8.42 Å². The second kappa shape index (κ2) is 9.83. The highest BCUT2D eigenvalue weighted by Gasteiger charge is 2.35. The number of rotatable bonds is 10. The van der Waals surface area contributed by atoms with Crippen molar-refractivity contribution in [3.8, 4) is 0 Å². The van der Waals surface area contributed by atoms with E-state index in [-0.39, 0.29) is 11.3 Å². The van der Waals surface area contributed by atoms with Crippen molar-refractivity contribution in [3.63, 3.8) is 0 Å². The van der Waals surface area contributed by atoms with E-state index in [1.165, 1.54) is 19.3 Å². The second-order valence-electron chi connectivity index (χ2n) is 6.61. The smallest absolute Gasteiger partial charge is 0.154 e. The first kappa shape index (κ1) is 19.0. The molecule has 0 amide bonds. The van der Waals surface area contributed by atoms with Gasteiger partial charge >= 0.3 is 0 Å². The fourth-order valence-electron chi connectivity index (χ4n) is 3.47. The fourth-order valence-corrected chi connectivity index (χ4v) is 5.61. The average Bonchev–Trinajstić information content (AvgIpc) is 2.47. The van der Waals surface area contributed by atoms with Gasteiger partial charge in [0.1, 0.15) is 0 Å². The van der Waals surface area contributed by atoms with Crippen LogP contribution < -0.4 is 5.32 Å². The molecule has 0 saturated carbocycles. The summed E-state index contributed by atoms with van der Waals surface area (Å²) in [6, 6.07) is 0.164. The predicted molar refractivity (Wildman–Crippen MR) is 91.4 cm³/mol. The molecule has 1 aliphatic rings. The maximum atomic E-state index is 12.4. The van der Waals surface area contributed by atoms with Gasteiger partial charge < -0.3 is 5.32 Å². The zero-order valence-corrected chi connectivity index (χ0v) is 15.1. The molecule has 0 bridgehead atoms. The van der Waals surface area contributed by atoms with E-state index in [1.54, 1.807) is 0 Å². The van der Waals surface area contributed by atoms with Crippen molar-refractivity contribution in [2.45, 2.75) is 89.9 Å². The number of hydrogen-bond acceptors (Lipinski definition) is 3. The molecule has 1 rings (SSSR count). The molecule has 1 aliphatic heterocycles. The summed E-state index contributed by atoms with van der Waals surface area (Å²) in [5.74, 6) is 1.06. The van der Waals surface area contributed by atoms with Crippen LogP contribution in [-0.4, -0.2) is 32.0 Å². The monoisotopic (exact) mass is 317 g/mol. The largest absolute Gasteiger partial charge is 0.313 e. The minimum absolute atomic E-state index is 0.145. The maximum Gasteiger partial charge on any atom is 0.154 e. The third-order valence-corrected chi connectivity index (χ3v) is 7.21. The molecule has 1 N–H and O–H groups in total. The Labute approximate surface area is 132 Å². The van der Waals surface area contributed by atoms with Crippen molar-refractivity contribution in [2.24, 2.45) is 5.92 Å². The van der Waals surface area contributed by atoms with E-state index in [0.29, 0.717) is 11.7 Å². The number of hydrogen-bond donors (Lipinski definition) is 1. The predicted octanol–water partition coefficient (Wildman–Crippen LogP) is 3.93. The molecule has 3 unspecified atom stereocenters. The van der Waals surface area contributed by atoms with E-state index in [0.717, 1.165) is 45.1 Å². The molecule has 3 nitrogen and oxygen atoms in total.